The van der Waals surface area contributed by atoms with Gasteiger partial charge in [-0.1, -0.05) is 19.4 Å². The van der Waals surface area contributed by atoms with Crippen molar-refractivity contribution < 1.29 is 19.4 Å². The van der Waals surface area contributed by atoms with Crippen LogP contribution in [0.1, 0.15) is 39.9 Å². The lowest BCUT2D eigenvalue weighted by Gasteiger charge is -2.08. The maximum Gasteiger partial charge on any atom is 0.356 e. The Kier molecular flexibility index (Phi) is 4.37. The number of carbonyl (C=O) groups excluding carboxylic acids is 1. The van der Waals surface area contributed by atoms with E-state index in [9.17, 15) is 9.59 Å². The van der Waals surface area contributed by atoms with Crippen molar-refractivity contribution in [2.24, 2.45) is 0 Å². The van der Waals surface area contributed by atoms with Crippen LogP contribution in [0.4, 0.5) is 0 Å². The van der Waals surface area contributed by atoms with Crippen molar-refractivity contribution in [2.45, 2.75) is 19.8 Å². The van der Waals surface area contributed by atoms with Crippen molar-refractivity contribution in [3.8, 4) is 5.69 Å². The molecule has 0 fully saturated rings. The van der Waals surface area contributed by atoms with Gasteiger partial charge in [-0.15, -0.1) is 0 Å². The van der Waals surface area contributed by atoms with Gasteiger partial charge < -0.3 is 9.84 Å². The number of aromatic carboxylic acids is 1. The lowest BCUT2D eigenvalue weighted by Crippen LogP contribution is -2.06. The summed E-state index contributed by atoms with van der Waals surface area (Å²) < 4.78 is 6.24. The molecule has 0 bridgehead atoms. The fourth-order valence-electron chi connectivity index (χ4n) is 2.06. The number of aromatic nitrogens is 2. The van der Waals surface area contributed by atoms with E-state index in [1.54, 1.807) is 35.0 Å². The van der Waals surface area contributed by atoms with Crippen LogP contribution in [-0.4, -0.2) is 33.9 Å². The number of carboxylic acids is 1. The predicted molar refractivity (Wildman–Crippen MR) is 75.9 cm³/mol. The van der Waals surface area contributed by atoms with Crippen LogP contribution in [0, 0.1) is 0 Å². The normalized spacial score (nSPS) is 10.4. The number of aryl methyl sites for hydroxylation is 1. The van der Waals surface area contributed by atoms with Gasteiger partial charge in [0.1, 0.15) is 0 Å². The summed E-state index contributed by atoms with van der Waals surface area (Å²) in [4.78, 5) is 22.6. The van der Waals surface area contributed by atoms with E-state index in [1.165, 1.54) is 7.11 Å². The molecule has 21 heavy (non-hydrogen) atoms. The van der Waals surface area contributed by atoms with Crippen LogP contribution in [0.3, 0.4) is 0 Å². The summed E-state index contributed by atoms with van der Waals surface area (Å²) in [7, 11) is 1.31. The van der Waals surface area contributed by atoms with Gasteiger partial charge in [0, 0.05) is 5.69 Å². The van der Waals surface area contributed by atoms with Gasteiger partial charge >= 0.3 is 11.9 Å². The van der Waals surface area contributed by atoms with Gasteiger partial charge in [0.25, 0.3) is 0 Å². The lowest BCUT2D eigenvalue weighted by atomic mass is 10.2. The molecule has 1 N–H and O–H groups in total. The SMILES string of the molecule is CCCc1cc(C(=O)O)nn1-c1cccc(C(=O)OC)c1. The molecule has 0 spiro atoms. The molecule has 2 rings (SSSR count). The van der Waals surface area contributed by atoms with E-state index in [1.807, 2.05) is 6.92 Å². The third-order valence-electron chi connectivity index (χ3n) is 3.02. The summed E-state index contributed by atoms with van der Waals surface area (Å²) >= 11 is 0. The fourth-order valence-corrected chi connectivity index (χ4v) is 2.06. The molecule has 0 aliphatic rings. The van der Waals surface area contributed by atoms with Crippen molar-refractivity contribution in [1.82, 2.24) is 9.78 Å². The fraction of sp³-hybridized carbons (Fsp3) is 0.267. The largest absolute Gasteiger partial charge is 0.476 e. The van der Waals surface area contributed by atoms with E-state index in [-0.39, 0.29) is 5.69 Å². The van der Waals surface area contributed by atoms with Crippen LogP contribution >= 0.6 is 0 Å². The number of nitrogens with zero attached hydrogens (tertiary/aromatic N) is 2. The number of rotatable bonds is 5. The summed E-state index contributed by atoms with van der Waals surface area (Å²) in [6, 6.07) is 8.29. The average molecular weight is 288 g/mol. The number of carbonyl (C=O) groups is 2. The number of benzene rings is 1. The van der Waals surface area contributed by atoms with E-state index in [4.69, 9.17) is 5.11 Å². The van der Waals surface area contributed by atoms with Crippen LogP contribution in [0.15, 0.2) is 30.3 Å². The minimum atomic E-state index is -1.07. The summed E-state index contributed by atoms with van der Waals surface area (Å²) in [6.07, 6.45) is 1.56. The Bertz CT molecular complexity index is 676. The molecule has 0 unspecified atom stereocenters. The van der Waals surface area contributed by atoms with Crippen LogP contribution in [0.25, 0.3) is 5.69 Å². The van der Waals surface area contributed by atoms with Crippen LogP contribution in [0.5, 0.6) is 0 Å². The molecule has 0 atom stereocenters. The van der Waals surface area contributed by atoms with Crippen LogP contribution in [0.2, 0.25) is 0 Å². The molecular formula is C15H16N2O4. The molecular weight excluding hydrogens is 272 g/mol. The highest BCUT2D eigenvalue weighted by molar-refractivity contribution is 5.90. The van der Waals surface area contributed by atoms with Crippen molar-refractivity contribution in [3.63, 3.8) is 0 Å². The maximum absolute atomic E-state index is 11.6. The van der Waals surface area contributed by atoms with Crippen LogP contribution in [-0.2, 0) is 11.2 Å². The maximum atomic E-state index is 11.6. The Labute approximate surface area is 122 Å². The Balaban J connectivity index is 2.49. The monoisotopic (exact) mass is 288 g/mol. The molecule has 1 heterocycles. The number of hydrogen-bond acceptors (Lipinski definition) is 4. The topological polar surface area (TPSA) is 81.4 Å². The third-order valence-corrected chi connectivity index (χ3v) is 3.02. The molecule has 6 nitrogen and oxygen atoms in total. The first-order chi connectivity index (χ1) is 10.1. The summed E-state index contributed by atoms with van der Waals surface area (Å²) in [5.74, 6) is -1.52. The highest BCUT2D eigenvalue weighted by atomic mass is 16.5. The highest BCUT2D eigenvalue weighted by Crippen LogP contribution is 2.16. The molecule has 1 aromatic carbocycles. The second kappa shape index (κ2) is 6.21. The van der Waals surface area contributed by atoms with Gasteiger partial charge in [-0.2, -0.15) is 5.10 Å². The van der Waals surface area contributed by atoms with E-state index in [0.29, 0.717) is 17.7 Å². The van der Waals surface area contributed by atoms with Crippen molar-refractivity contribution in [1.29, 1.82) is 0 Å². The predicted octanol–water partition coefficient (Wildman–Crippen LogP) is 2.31. The van der Waals surface area contributed by atoms with Gasteiger partial charge in [-0.05, 0) is 30.7 Å². The van der Waals surface area contributed by atoms with Crippen molar-refractivity contribution in [2.75, 3.05) is 7.11 Å². The molecule has 0 saturated carbocycles. The van der Waals surface area contributed by atoms with E-state index >= 15 is 0 Å². The summed E-state index contributed by atoms with van der Waals surface area (Å²) in [6.45, 7) is 2.00. The van der Waals surface area contributed by atoms with Gasteiger partial charge in [0.2, 0.25) is 0 Å². The summed E-state index contributed by atoms with van der Waals surface area (Å²) in [5, 5.41) is 13.2. The van der Waals surface area contributed by atoms with Crippen molar-refractivity contribution in [3.05, 3.63) is 47.3 Å². The van der Waals surface area contributed by atoms with Crippen molar-refractivity contribution >= 4 is 11.9 Å². The van der Waals surface area contributed by atoms with E-state index in [0.717, 1.165) is 12.1 Å². The van der Waals surface area contributed by atoms with Gasteiger partial charge in [0.15, 0.2) is 5.69 Å². The second-order valence-electron chi connectivity index (χ2n) is 4.53. The third kappa shape index (κ3) is 3.10. The minimum absolute atomic E-state index is 0.0121. The zero-order chi connectivity index (χ0) is 15.4. The first kappa shape index (κ1) is 14.8. The first-order valence-corrected chi connectivity index (χ1v) is 6.57. The Morgan fingerprint density at radius 3 is 2.71 bits per heavy atom. The lowest BCUT2D eigenvalue weighted by molar-refractivity contribution is 0.0599. The zero-order valence-electron chi connectivity index (χ0n) is 11.9. The Hall–Kier alpha value is -2.63. The Morgan fingerprint density at radius 1 is 1.33 bits per heavy atom. The number of carboxylic acid groups (broad SMARTS) is 1. The molecule has 0 radical (unpaired) electrons. The second-order valence-corrected chi connectivity index (χ2v) is 4.53. The van der Waals surface area contributed by atoms with Gasteiger partial charge in [-0.25, -0.2) is 14.3 Å². The number of ether oxygens (including phenoxy) is 1. The Morgan fingerprint density at radius 2 is 2.10 bits per heavy atom. The minimum Gasteiger partial charge on any atom is -0.476 e. The number of hydrogen-bond donors (Lipinski definition) is 1. The molecule has 6 heteroatoms. The van der Waals surface area contributed by atoms with E-state index in [2.05, 4.69) is 9.84 Å². The zero-order valence-corrected chi connectivity index (χ0v) is 11.9. The first-order valence-electron chi connectivity index (χ1n) is 6.57. The quantitative estimate of drug-likeness (QED) is 0.854. The standard InChI is InChI=1S/C15H16N2O4/c1-3-5-11-9-13(14(18)19)16-17(11)12-7-4-6-10(8-12)15(20)21-2/h4,6-9H,3,5H2,1-2H3,(H,18,19). The summed E-state index contributed by atoms with van der Waals surface area (Å²) in [5.41, 5.74) is 1.80. The van der Waals surface area contributed by atoms with Gasteiger partial charge in [0.05, 0.1) is 18.4 Å². The highest BCUT2D eigenvalue weighted by Gasteiger charge is 2.15. The molecule has 1 aromatic heterocycles. The molecule has 0 saturated heterocycles. The molecule has 0 aliphatic carbocycles. The molecule has 110 valence electrons. The van der Waals surface area contributed by atoms with Gasteiger partial charge in [-0.3, -0.25) is 0 Å². The molecule has 2 aromatic rings. The number of esters is 1. The molecule has 0 aliphatic heterocycles. The smallest absolute Gasteiger partial charge is 0.356 e. The van der Waals surface area contributed by atoms with E-state index < -0.39 is 11.9 Å². The average Bonchev–Trinajstić information content (AvgIpc) is 2.91. The molecule has 0 amide bonds. The number of methoxy groups -OCH3 is 1. The van der Waals surface area contributed by atoms with Crippen LogP contribution < -0.4 is 0 Å².